The van der Waals surface area contributed by atoms with Crippen molar-refractivity contribution in [3.8, 4) is 0 Å². The van der Waals surface area contributed by atoms with E-state index in [-0.39, 0.29) is 42.0 Å². The SMILES string of the molecule is CC(=O)SCCC[n+]1ccccc1/C=C/c1ccc(N(C)CCC[N+](C)(C)C)cc1.CC(=O)SCC[n+]1ccc(/C=C/c2ccc(N(CCO)CCO)cc2)cc1.CCOC(=O)SCC[n+]1ccc(/C=C/c2ccc(N(C)CCC[N+](C)(C)C)cc2)cc1.Cn1ccnc1SCCCC[n+]1ccc(/C=C/c2ccc(N(CCO)CCO)cc2)cc1. The van der Waals surface area contributed by atoms with Crippen molar-refractivity contribution in [2.24, 2.45) is 7.05 Å². The van der Waals surface area contributed by atoms with Gasteiger partial charge in [-0.15, -0.1) is 0 Å². The second kappa shape index (κ2) is 56.4. The number of aliphatic hydroxyl groups is 4. The highest BCUT2D eigenvalue weighted by Gasteiger charge is 2.15. The molecule has 24 heteroatoms. The van der Waals surface area contributed by atoms with Crippen molar-refractivity contribution in [3.63, 3.8) is 0 Å². The highest BCUT2D eigenvalue weighted by Crippen LogP contribution is 2.23. The molecule has 9 rings (SSSR count). The molecule has 120 heavy (non-hydrogen) atoms. The first-order chi connectivity index (χ1) is 57.8. The normalized spacial score (nSPS) is 11.5. The lowest BCUT2D eigenvalue weighted by Crippen LogP contribution is -2.37. The molecule has 0 saturated heterocycles. The highest BCUT2D eigenvalue weighted by molar-refractivity contribution is 8.14. The van der Waals surface area contributed by atoms with Gasteiger partial charge in [0, 0.05) is 201 Å². The fourth-order valence-electron chi connectivity index (χ4n) is 12.3. The monoisotopic (exact) mass is 1710 g/mol. The molecule has 0 amide bonds. The molecule has 0 unspecified atom stereocenters. The Morgan fingerprint density at radius 3 is 1.18 bits per heavy atom. The van der Waals surface area contributed by atoms with Gasteiger partial charge in [-0.3, -0.25) is 9.59 Å². The number of benzene rings is 4. The summed E-state index contributed by atoms with van der Waals surface area (Å²) in [5.74, 6) is 3.44. The summed E-state index contributed by atoms with van der Waals surface area (Å²) in [6, 6.07) is 52.4. The minimum Gasteiger partial charge on any atom is -0.458 e. The fraction of sp³-hybridized carbons (Fsp3) is 0.396. The van der Waals surface area contributed by atoms with Gasteiger partial charge in [0.2, 0.25) is 5.69 Å². The second-order valence-corrected chi connectivity index (χ2v) is 35.7. The van der Waals surface area contributed by atoms with Gasteiger partial charge in [-0.1, -0.05) is 120 Å². The molecule has 644 valence electrons. The molecule has 9 aromatic rings. The molecule has 20 nitrogen and oxygen atoms in total. The van der Waals surface area contributed by atoms with Crippen molar-refractivity contribution < 1.29 is 66.8 Å². The average Bonchev–Trinajstić information content (AvgIpc) is 1.08. The van der Waals surface area contributed by atoms with Gasteiger partial charge in [0.1, 0.15) is 13.1 Å². The highest BCUT2D eigenvalue weighted by atomic mass is 32.2. The first-order valence-corrected chi connectivity index (χ1v) is 45.5. The lowest BCUT2D eigenvalue weighted by atomic mass is 10.1. The number of imidazole rings is 1. The number of hydrogen-bond donors (Lipinski definition) is 4. The van der Waals surface area contributed by atoms with Crippen molar-refractivity contribution in [2.75, 3.05) is 184 Å². The minimum absolute atomic E-state index is 0.0586. The van der Waals surface area contributed by atoms with E-state index in [0.29, 0.717) is 38.5 Å². The summed E-state index contributed by atoms with van der Waals surface area (Å²) in [5.41, 5.74) is 13.7. The molecule has 0 aliphatic heterocycles. The largest absolute Gasteiger partial charge is 0.458 e. The van der Waals surface area contributed by atoms with Crippen molar-refractivity contribution in [2.45, 2.75) is 84.2 Å². The van der Waals surface area contributed by atoms with Crippen LogP contribution in [0.4, 0.5) is 27.5 Å². The molecule has 0 bridgehead atoms. The van der Waals surface area contributed by atoms with Crippen molar-refractivity contribution in [1.82, 2.24) is 9.55 Å². The van der Waals surface area contributed by atoms with E-state index in [1.807, 2.05) is 121 Å². The third-order valence-electron chi connectivity index (χ3n) is 19.0. The maximum Gasteiger partial charge on any atom is 0.367 e. The van der Waals surface area contributed by atoms with Crippen LogP contribution in [0.5, 0.6) is 0 Å². The van der Waals surface area contributed by atoms with E-state index >= 15 is 0 Å². The third-order valence-corrected chi connectivity index (χ3v) is 22.6. The quantitative estimate of drug-likeness (QED) is 0.00927. The van der Waals surface area contributed by atoms with Crippen LogP contribution in [-0.4, -0.2) is 219 Å². The van der Waals surface area contributed by atoms with E-state index in [4.69, 9.17) is 14.9 Å². The van der Waals surface area contributed by atoms with Crippen LogP contribution in [-0.2, 0) is 47.6 Å². The van der Waals surface area contributed by atoms with Crippen LogP contribution in [0.3, 0.4) is 0 Å². The number of ether oxygens (including phenoxy) is 1. The van der Waals surface area contributed by atoms with Gasteiger partial charge in [-0.25, -0.2) is 23.5 Å². The number of rotatable bonds is 45. The van der Waals surface area contributed by atoms with Gasteiger partial charge in [0.15, 0.2) is 71.9 Å². The fourth-order valence-corrected chi connectivity index (χ4v) is 15.1. The van der Waals surface area contributed by atoms with E-state index in [9.17, 15) is 24.6 Å². The van der Waals surface area contributed by atoms with E-state index < -0.39 is 0 Å². The molecule has 0 radical (unpaired) electrons. The number of unbranched alkanes of at least 4 members (excludes halogenated alkanes) is 1. The number of thioether (sulfide) groups is 4. The molecule has 5 aromatic heterocycles. The molecular weight excluding hydrogens is 1580 g/mol. The van der Waals surface area contributed by atoms with Crippen LogP contribution in [0.25, 0.3) is 48.6 Å². The summed E-state index contributed by atoms with van der Waals surface area (Å²) >= 11 is 5.77. The Morgan fingerprint density at radius 1 is 0.425 bits per heavy atom. The minimum atomic E-state index is -0.205. The van der Waals surface area contributed by atoms with E-state index in [2.05, 4.69) is 264 Å². The predicted octanol–water partition coefficient (Wildman–Crippen LogP) is 14.4. The Morgan fingerprint density at radius 2 is 0.800 bits per heavy atom. The zero-order valence-electron chi connectivity index (χ0n) is 73.1. The zero-order valence-corrected chi connectivity index (χ0v) is 76.3. The smallest absolute Gasteiger partial charge is 0.367 e. The average molecular weight is 1710 g/mol. The van der Waals surface area contributed by atoms with Crippen molar-refractivity contribution in [1.29, 1.82) is 0 Å². The van der Waals surface area contributed by atoms with Gasteiger partial charge in [-0.2, -0.15) is 4.57 Å². The Balaban J connectivity index is 0.000000248. The topological polar surface area (TPSA) is 188 Å². The van der Waals surface area contributed by atoms with Crippen LogP contribution >= 0.6 is 47.0 Å². The van der Waals surface area contributed by atoms with Gasteiger partial charge < -0.3 is 58.3 Å². The number of hydrogen-bond acceptors (Lipinski definition) is 17. The molecule has 0 fully saturated rings. The van der Waals surface area contributed by atoms with Crippen molar-refractivity contribution in [3.05, 3.63) is 252 Å². The van der Waals surface area contributed by atoms with Gasteiger partial charge in [0.05, 0.1) is 99.9 Å². The summed E-state index contributed by atoms with van der Waals surface area (Å²) in [5, 5.41) is 37.8. The van der Waals surface area contributed by atoms with Crippen LogP contribution < -0.4 is 37.9 Å². The number of anilines is 4. The molecule has 5 heterocycles. The molecule has 4 aromatic carbocycles. The summed E-state index contributed by atoms with van der Waals surface area (Å²) in [4.78, 5) is 46.3. The number of aromatic nitrogens is 6. The molecule has 0 saturated carbocycles. The Hall–Kier alpha value is -9.18. The number of carbonyl (C=O) groups excluding carboxylic acids is 3. The van der Waals surface area contributed by atoms with Gasteiger partial charge >= 0.3 is 5.30 Å². The molecule has 0 aliphatic rings. The number of pyridine rings is 4. The molecule has 0 aliphatic carbocycles. The number of carbonyl (C=O) groups is 3. The Kier molecular flexibility index (Phi) is 46.8. The molecule has 0 atom stereocenters. The number of quaternary nitrogens is 2. The van der Waals surface area contributed by atoms with Crippen LogP contribution in [0, 0.1) is 0 Å². The number of aryl methyl sites for hydroxylation is 5. The number of nitrogens with zero attached hydrogens (tertiary/aromatic N) is 12. The third kappa shape index (κ3) is 41.9. The first kappa shape index (κ1) is 99.6. The van der Waals surface area contributed by atoms with E-state index in [0.717, 1.165) is 129 Å². The summed E-state index contributed by atoms with van der Waals surface area (Å²) in [7, 11) is 19.8. The first-order valence-electron chi connectivity index (χ1n) is 41.5. The Bertz CT molecular complexity index is 4470. The number of aliphatic hydroxyl groups excluding tert-OH is 4. The van der Waals surface area contributed by atoms with Crippen LogP contribution in [0.1, 0.15) is 97.5 Å². The van der Waals surface area contributed by atoms with Crippen LogP contribution in [0.15, 0.2) is 213 Å². The maximum absolute atomic E-state index is 11.4. The molecule has 4 N–H and O–H groups in total. The lowest BCUT2D eigenvalue weighted by molar-refractivity contribution is -0.870. The molecule has 0 spiro atoms. The summed E-state index contributed by atoms with van der Waals surface area (Å²) in [6.45, 7) is 15.8. The zero-order chi connectivity index (χ0) is 86.8. The summed E-state index contributed by atoms with van der Waals surface area (Å²) < 4.78 is 17.6. The maximum atomic E-state index is 11.4. The Labute approximate surface area is 733 Å². The van der Waals surface area contributed by atoms with Crippen LogP contribution in [0.2, 0.25) is 0 Å². The standard InChI is InChI=1S/C25H33N4O2S.C25H37N3O2S.C25H37N3OS.C21H27N2O3S/c1-27-16-12-26-25(27)32-21-3-2-13-28-14-10-23(11-15-28)5-4-22-6-8-24(9-7-22)29(17-19-30)18-20-31;1-6-30-25(29)31-21-19-27-17-14-23(15-18-27)9-8-22-10-12-24(13-11-22)26(2)16-7-20-28(3,4)5;1-22(29)30-21-9-19-27-18-7-6-10-25(27)16-13-23-11-14-24(15-12-23)26(2)17-8-20-28(3,4)5;1-18(26)27-17-14-22-10-8-20(9-11-22)3-2-19-4-6-21(7-5-19)23(12-15-24)13-16-25/h4-12,14-16,30-31H,2-3,13,17-21H2,1H3;8-15,17-18H,6-7,16,19-21H2,1-5H3;6-7,10-16,18H,8-9,17,19-21H2,1-5H3;2-11,24-25H,12-17H2,1H3/q+1;2*+2;+1. The van der Waals surface area contributed by atoms with E-state index in [1.54, 1.807) is 13.8 Å². The lowest BCUT2D eigenvalue weighted by Gasteiger charge is -2.26. The molecular formula is C96H134N12O8S4+6. The van der Waals surface area contributed by atoms with E-state index in [1.165, 1.54) is 89.4 Å². The summed E-state index contributed by atoms with van der Waals surface area (Å²) in [6.07, 6.45) is 40.9. The van der Waals surface area contributed by atoms with Gasteiger partial charge in [0.25, 0.3) is 0 Å². The van der Waals surface area contributed by atoms with Gasteiger partial charge in [-0.05, 0) is 125 Å². The second-order valence-electron chi connectivity index (χ2n) is 31.0. The predicted molar refractivity (Wildman–Crippen MR) is 506 cm³/mol. The van der Waals surface area contributed by atoms with Crippen molar-refractivity contribution >= 4 is 134 Å².